The van der Waals surface area contributed by atoms with Crippen molar-refractivity contribution >= 4 is 0 Å². The number of hydrogen-bond acceptors (Lipinski definition) is 1. The van der Waals surface area contributed by atoms with E-state index in [4.69, 9.17) is 0 Å². The van der Waals surface area contributed by atoms with E-state index < -0.39 is 17.5 Å². The first kappa shape index (κ1) is 9.43. The highest BCUT2D eigenvalue weighted by Crippen LogP contribution is 2.58. The molecule has 1 fully saturated rings. The Morgan fingerprint density at radius 2 is 1.93 bits per heavy atom. The van der Waals surface area contributed by atoms with E-state index in [1.807, 2.05) is 0 Å². The van der Waals surface area contributed by atoms with Gasteiger partial charge in [0, 0.05) is 6.20 Å². The minimum Gasteiger partial charge on any atom is -0.228 e. The third-order valence-corrected chi connectivity index (χ3v) is 2.57. The van der Waals surface area contributed by atoms with Gasteiger partial charge in [0.2, 0.25) is 5.95 Å². The largest absolute Gasteiger partial charge is 0.398 e. The van der Waals surface area contributed by atoms with Crippen LogP contribution >= 0.6 is 0 Å². The van der Waals surface area contributed by atoms with Crippen molar-refractivity contribution in [3.63, 3.8) is 0 Å². The maximum absolute atomic E-state index is 12.6. The molecule has 1 aromatic rings. The lowest BCUT2D eigenvalue weighted by Crippen LogP contribution is -2.28. The van der Waals surface area contributed by atoms with Gasteiger partial charge in [0.1, 0.15) is 0 Å². The van der Waals surface area contributed by atoms with Crippen LogP contribution in [0.3, 0.4) is 0 Å². The molecule has 0 radical (unpaired) electrons. The Bertz CT molecular complexity index is 354. The zero-order valence-corrected chi connectivity index (χ0v) is 7.11. The van der Waals surface area contributed by atoms with Crippen LogP contribution in [0.5, 0.6) is 0 Å². The summed E-state index contributed by atoms with van der Waals surface area (Å²) in [4.78, 5) is 3.23. The van der Waals surface area contributed by atoms with Crippen molar-refractivity contribution in [3.05, 3.63) is 29.8 Å². The summed E-state index contributed by atoms with van der Waals surface area (Å²) in [5.74, 6) is -0.863. The van der Waals surface area contributed by atoms with E-state index in [0.29, 0.717) is 0 Å². The van der Waals surface area contributed by atoms with Crippen LogP contribution < -0.4 is 0 Å². The fraction of sp³-hybridized carbons (Fsp3) is 0.444. The van der Waals surface area contributed by atoms with Gasteiger partial charge < -0.3 is 0 Å². The lowest BCUT2D eigenvalue weighted by Gasteiger charge is -2.19. The molecule has 14 heavy (non-hydrogen) atoms. The van der Waals surface area contributed by atoms with E-state index in [0.717, 1.165) is 12.3 Å². The standard InChI is InChI=1S/C9H7F4N/c10-7-5-6(1-4-14-7)8(2-3-8)9(11,12)13/h1,4-5H,2-3H2. The van der Waals surface area contributed by atoms with E-state index >= 15 is 0 Å². The van der Waals surface area contributed by atoms with E-state index in [9.17, 15) is 17.6 Å². The Balaban J connectivity index is 2.41. The van der Waals surface area contributed by atoms with Crippen LogP contribution in [0.2, 0.25) is 0 Å². The predicted molar refractivity (Wildman–Crippen MR) is 41.2 cm³/mol. The van der Waals surface area contributed by atoms with Crippen LogP contribution in [0.1, 0.15) is 18.4 Å². The van der Waals surface area contributed by atoms with Crippen LogP contribution in [-0.2, 0) is 5.41 Å². The van der Waals surface area contributed by atoms with Crippen molar-refractivity contribution in [1.29, 1.82) is 0 Å². The molecule has 0 atom stereocenters. The molecule has 1 aliphatic carbocycles. The van der Waals surface area contributed by atoms with Gasteiger partial charge in [-0.15, -0.1) is 0 Å². The van der Waals surface area contributed by atoms with Gasteiger partial charge in [-0.05, 0) is 30.5 Å². The molecule has 1 aliphatic rings. The first-order valence-electron chi connectivity index (χ1n) is 4.14. The molecule has 0 unspecified atom stereocenters. The van der Waals surface area contributed by atoms with Crippen molar-refractivity contribution < 1.29 is 17.6 Å². The second-order valence-corrected chi connectivity index (χ2v) is 3.45. The maximum atomic E-state index is 12.6. The zero-order valence-electron chi connectivity index (χ0n) is 7.11. The van der Waals surface area contributed by atoms with Crippen LogP contribution in [-0.4, -0.2) is 11.2 Å². The van der Waals surface area contributed by atoms with Crippen LogP contribution in [0.15, 0.2) is 18.3 Å². The van der Waals surface area contributed by atoms with Gasteiger partial charge in [-0.3, -0.25) is 0 Å². The molecular weight excluding hydrogens is 198 g/mol. The molecule has 1 heterocycles. The monoisotopic (exact) mass is 205 g/mol. The first-order valence-corrected chi connectivity index (χ1v) is 4.14. The number of pyridine rings is 1. The van der Waals surface area contributed by atoms with Gasteiger partial charge in [-0.2, -0.15) is 17.6 Å². The Labute approximate surface area is 77.8 Å². The minimum absolute atomic E-state index is 0.0162. The van der Waals surface area contributed by atoms with Gasteiger partial charge in [0.25, 0.3) is 0 Å². The number of alkyl halides is 3. The van der Waals surface area contributed by atoms with Gasteiger partial charge in [-0.1, -0.05) is 0 Å². The second-order valence-electron chi connectivity index (χ2n) is 3.45. The highest BCUT2D eigenvalue weighted by molar-refractivity contribution is 5.32. The summed E-state index contributed by atoms with van der Waals surface area (Å²) in [6, 6.07) is 2.09. The van der Waals surface area contributed by atoms with Crippen molar-refractivity contribution in [3.8, 4) is 0 Å². The van der Waals surface area contributed by atoms with Crippen LogP contribution in [0, 0.1) is 5.95 Å². The van der Waals surface area contributed by atoms with Crippen molar-refractivity contribution in [2.24, 2.45) is 0 Å². The van der Waals surface area contributed by atoms with Gasteiger partial charge in [-0.25, -0.2) is 4.98 Å². The average molecular weight is 205 g/mol. The van der Waals surface area contributed by atoms with E-state index in [1.165, 1.54) is 6.07 Å². The summed E-state index contributed by atoms with van der Waals surface area (Å²) >= 11 is 0. The number of nitrogens with zero attached hydrogens (tertiary/aromatic N) is 1. The molecule has 76 valence electrons. The summed E-state index contributed by atoms with van der Waals surface area (Å²) in [6.45, 7) is 0. The summed E-state index contributed by atoms with van der Waals surface area (Å²) in [6.07, 6.45) is -3.14. The van der Waals surface area contributed by atoms with E-state index in [2.05, 4.69) is 4.98 Å². The molecule has 0 bridgehead atoms. The molecule has 0 aliphatic heterocycles. The van der Waals surface area contributed by atoms with Crippen molar-refractivity contribution in [2.75, 3.05) is 0 Å². The molecular formula is C9H7F4N. The van der Waals surface area contributed by atoms with Crippen LogP contribution in [0.4, 0.5) is 17.6 Å². The molecule has 0 N–H and O–H groups in total. The normalized spacial score (nSPS) is 19.4. The summed E-state index contributed by atoms with van der Waals surface area (Å²) in [5, 5.41) is 0. The fourth-order valence-electron chi connectivity index (χ4n) is 1.56. The molecule has 1 nitrogen and oxygen atoms in total. The Hall–Kier alpha value is -1.13. The predicted octanol–water partition coefficient (Wildman–Crippen LogP) is 2.81. The fourth-order valence-corrected chi connectivity index (χ4v) is 1.56. The Morgan fingerprint density at radius 3 is 2.36 bits per heavy atom. The molecule has 1 saturated carbocycles. The Kier molecular flexibility index (Phi) is 1.81. The third kappa shape index (κ3) is 1.27. The molecule has 5 heteroatoms. The number of rotatable bonds is 1. The molecule has 1 aromatic heterocycles. The molecule has 0 spiro atoms. The average Bonchev–Trinajstić information content (AvgIpc) is 2.82. The quantitative estimate of drug-likeness (QED) is 0.507. The minimum atomic E-state index is -4.29. The second kappa shape index (κ2) is 2.68. The molecule has 0 saturated heterocycles. The lowest BCUT2D eigenvalue weighted by atomic mass is 9.96. The summed E-state index contributed by atoms with van der Waals surface area (Å²) < 4.78 is 50.3. The van der Waals surface area contributed by atoms with Gasteiger partial charge in [0.15, 0.2) is 0 Å². The lowest BCUT2D eigenvalue weighted by molar-refractivity contribution is -0.160. The van der Waals surface area contributed by atoms with E-state index in [-0.39, 0.29) is 18.4 Å². The van der Waals surface area contributed by atoms with Gasteiger partial charge in [0.05, 0.1) is 5.41 Å². The highest BCUT2D eigenvalue weighted by atomic mass is 19.4. The van der Waals surface area contributed by atoms with Crippen molar-refractivity contribution in [2.45, 2.75) is 24.4 Å². The zero-order chi connectivity index (χ0) is 10.4. The molecule has 0 aromatic carbocycles. The van der Waals surface area contributed by atoms with Gasteiger partial charge >= 0.3 is 6.18 Å². The highest BCUT2D eigenvalue weighted by Gasteiger charge is 2.64. The number of hydrogen-bond donors (Lipinski definition) is 0. The molecule has 0 amide bonds. The summed E-state index contributed by atoms with van der Waals surface area (Å²) in [7, 11) is 0. The summed E-state index contributed by atoms with van der Waals surface area (Å²) in [5.41, 5.74) is -1.82. The number of aromatic nitrogens is 1. The molecule has 2 rings (SSSR count). The topological polar surface area (TPSA) is 12.9 Å². The Morgan fingerprint density at radius 1 is 1.29 bits per heavy atom. The maximum Gasteiger partial charge on any atom is 0.398 e. The smallest absolute Gasteiger partial charge is 0.228 e. The SMILES string of the molecule is Fc1cc(C2(C(F)(F)F)CC2)ccn1. The number of halogens is 4. The third-order valence-electron chi connectivity index (χ3n) is 2.57. The van der Waals surface area contributed by atoms with E-state index in [1.54, 1.807) is 0 Å². The first-order chi connectivity index (χ1) is 6.46. The van der Waals surface area contributed by atoms with Crippen LogP contribution in [0.25, 0.3) is 0 Å². The van der Waals surface area contributed by atoms with Crippen molar-refractivity contribution in [1.82, 2.24) is 4.98 Å².